The maximum atomic E-state index is 12.1. The number of amides is 1. The first-order valence-corrected chi connectivity index (χ1v) is 8.03. The number of ether oxygens (including phenoxy) is 1. The molecular formula is C18H25N3O2. The fourth-order valence-corrected chi connectivity index (χ4v) is 2.67. The summed E-state index contributed by atoms with van der Waals surface area (Å²) in [6, 6.07) is 10.3. The molecule has 1 fully saturated rings. The summed E-state index contributed by atoms with van der Waals surface area (Å²) < 4.78 is 5.42. The van der Waals surface area contributed by atoms with Crippen molar-refractivity contribution in [1.82, 2.24) is 4.90 Å². The highest BCUT2D eigenvalue weighted by Crippen LogP contribution is 2.28. The van der Waals surface area contributed by atoms with Crippen LogP contribution in [0.25, 0.3) is 0 Å². The van der Waals surface area contributed by atoms with E-state index in [1.807, 2.05) is 52.0 Å². The number of piperazine rings is 1. The maximum Gasteiger partial charge on any atom is 0.410 e. The highest BCUT2D eigenvalue weighted by molar-refractivity contribution is 5.69. The lowest BCUT2D eigenvalue weighted by Gasteiger charge is -2.37. The van der Waals surface area contributed by atoms with Crippen LogP contribution in [-0.2, 0) is 4.74 Å². The smallest absolute Gasteiger partial charge is 0.410 e. The van der Waals surface area contributed by atoms with Gasteiger partial charge < -0.3 is 14.5 Å². The van der Waals surface area contributed by atoms with Gasteiger partial charge in [0.05, 0.1) is 12.0 Å². The van der Waals surface area contributed by atoms with Gasteiger partial charge in [-0.15, -0.1) is 0 Å². The fourth-order valence-electron chi connectivity index (χ4n) is 2.67. The van der Waals surface area contributed by atoms with Gasteiger partial charge in [0.15, 0.2) is 0 Å². The van der Waals surface area contributed by atoms with Gasteiger partial charge in [0.2, 0.25) is 0 Å². The van der Waals surface area contributed by atoms with Gasteiger partial charge in [0, 0.05) is 31.9 Å². The van der Waals surface area contributed by atoms with E-state index in [9.17, 15) is 10.1 Å². The Morgan fingerprint density at radius 1 is 1.22 bits per heavy atom. The van der Waals surface area contributed by atoms with Gasteiger partial charge in [-0.05, 0) is 39.3 Å². The van der Waals surface area contributed by atoms with Gasteiger partial charge >= 0.3 is 6.09 Å². The van der Waals surface area contributed by atoms with E-state index < -0.39 is 5.60 Å². The molecule has 0 bridgehead atoms. The first kappa shape index (κ1) is 17.1. The SMILES string of the molecule is CC(C#N)c1ccccc1N1CCN(C(=O)OC(C)(C)C)CC1. The summed E-state index contributed by atoms with van der Waals surface area (Å²) in [7, 11) is 0. The summed E-state index contributed by atoms with van der Waals surface area (Å²) in [6.07, 6.45) is -0.254. The first-order chi connectivity index (χ1) is 10.8. The minimum absolute atomic E-state index is 0.143. The number of benzene rings is 1. The molecule has 0 radical (unpaired) electrons. The normalized spacial score (nSPS) is 16.7. The van der Waals surface area contributed by atoms with Gasteiger partial charge in [-0.2, -0.15) is 5.26 Å². The lowest BCUT2D eigenvalue weighted by atomic mass is 9.99. The van der Waals surface area contributed by atoms with Crippen LogP contribution in [-0.4, -0.2) is 42.8 Å². The average molecular weight is 315 g/mol. The summed E-state index contributed by atoms with van der Waals surface area (Å²) in [6.45, 7) is 10.3. The number of rotatable bonds is 2. The molecule has 0 aromatic heterocycles. The summed E-state index contributed by atoms with van der Waals surface area (Å²) >= 11 is 0. The Morgan fingerprint density at radius 3 is 2.39 bits per heavy atom. The molecular weight excluding hydrogens is 290 g/mol. The lowest BCUT2D eigenvalue weighted by Crippen LogP contribution is -2.50. The van der Waals surface area contributed by atoms with Crippen molar-refractivity contribution in [3.05, 3.63) is 29.8 Å². The lowest BCUT2D eigenvalue weighted by molar-refractivity contribution is 0.0240. The molecule has 1 saturated heterocycles. The van der Waals surface area contributed by atoms with Crippen molar-refractivity contribution < 1.29 is 9.53 Å². The first-order valence-electron chi connectivity index (χ1n) is 8.03. The van der Waals surface area contributed by atoms with Crippen molar-refractivity contribution >= 4 is 11.8 Å². The molecule has 124 valence electrons. The van der Waals surface area contributed by atoms with Crippen molar-refractivity contribution in [2.75, 3.05) is 31.1 Å². The number of anilines is 1. The number of carbonyl (C=O) groups excluding carboxylic acids is 1. The Balaban J connectivity index is 2.03. The zero-order valence-corrected chi connectivity index (χ0v) is 14.4. The van der Waals surface area contributed by atoms with Gasteiger partial charge in [-0.1, -0.05) is 18.2 Å². The van der Waals surface area contributed by atoms with E-state index >= 15 is 0 Å². The number of hydrogen-bond donors (Lipinski definition) is 0. The molecule has 1 aliphatic heterocycles. The minimum atomic E-state index is -0.469. The fraction of sp³-hybridized carbons (Fsp3) is 0.556. The van der Waals surface area contributed by atoms with Gasteiger partial charge in [0.25, 0.3) is 0 Å². The Labute approximate surface area is 138 Å². The number of nitrogens with zero attached hydrogens (tertiary/aromatic N) is 3. The quantitative estimate of drug-likeness (QED) is 0.839. The topological polar surface area (TPSA) is 56.6 Å². The minimum Gasteiger partial charge on any atom is -0.444 e. The van der Waals surface area contributed by atoms with E-state index in [-0.39, 0.29) is 12.0 Å². The number of hydrogen-bond acceptors (Lipinski definition) is 4. The van der Waals surface area contributed by atoms with E-state index in [1.54, 1.807) is 4.90 Å². The molecule has 23 heavy (non-hydrogen) atoms. The standard InChI is InChI=1S/C18H25N3O2/c1-14(13-19)15-7-5-6-8-16(15)20-9-11-21(12-10-20)17(22)23-18(2,3)4/h5-8,14H,9-12H2,1-4H3. The molecule has 1 aromatic carbocycles. The second-order valence-corrected chi connectivity index (χ2v) is 6.86. The Bertz CT molecular complexity index is 593. The zero-order chi connectivity index (χ0) is 17.0. The van der Waals surface area contributed by atoms with Gasteiger partial charge in [-0.3, -0.25) is 0 Å². The van der Waals surface area contributed by atoms with Crippen molar-refractivity contribution in [3.8, 4) is 6.07 Å². The molecule has 0 saturated carbocycles. The highest BCUT2D eigenvalue weighted by atomic mass is 16.6. The Hall–Kier alpha value is -2.22. The second-order valence-electron chi connectivity index (χ2n) is 6.86. The highest BCUT2D eigenvalue weighted by Gasteiger charge is 2.27. The molecule has 1 amide bonds. The van der Waals surface area contributed by atoms with E-state index in [1.165, 1.54) is 0 Å². The Kier molecular flexibility index (Phi) is 5.15. The van der Waals surface area contributed by atoms with Crippen molar-refractivity contribution in [3.63, 3.8) is 0 Å². The molecule has 2 rings (SSSR count). The van der Waals surface area contributed by atoms with E-state index in [0.29, 0.717) is 13.1 Å². The molecule has 0 aliphatic carbocycles. The average Bonchev–Trinajstić information content (AvgIpc) is 2.52. The predicted octanol–water partition coefficient (Wildman–Crippen LogP) is 3.37. The largest absolute Gasteiger partial charge is 0.444 e. The number of para-hydroxylation sites is 1. The zero-order valence-electron chi connectivity index (χ0n) is 14.4. The second kappa shape index (κ2) is 6.91. The van der Waals surface area contributed by atoms with Crippen LogP contribution < -0.4 is 4.90 Å². The summed E-state index contributed by atoms with van der Waals surface area (Å²) in [5.41, 5.74) is 1.66. The van der Waals surface area contributed by atoms with Crippen molar-refractivity contribution in [1.29, 1.82) is 5.26 Å². The third kappa shape index (κ3) is 4.38. The number of nitriles is 1. The van der Waals surface area contributed by atoms with E-state index in [4.69, 9.17) is 4.74 Å². The van der Waals surface area contributed by atoms with Crippen LogP contribution >= 0.6 is 0 Å². The molecule has 1 aromatic rings. The van der Waals surface area contributed by atoms with Gasteiger partial charge in [-0.25, -0.2) is 4.79 Å². The molecule has 1 aliphatic rings. The molecule has 1 unspecified atom stereocenters. The molecule has 0 N–H and O–H groups in total. The molecule has 5 nitrogen and oxygen atoms in total. The van der Waals surface area contributed by atoms with Crippen molar-refractivity contribution in [2.24, 2.45) is 0 Å². The third-order valence-corrected chi connectivity index (χ3v) is 3.87. The van der Waals surface area contributed by atoms with Crippen LogP contribution in [0.4, 0.5) is 10.5 Å². The molecule has 1 atom stereocenters. The van der Waals surface area contributed by atoms with Crippen LogP contribution in [0.3, 0.4) is 0 Å². The molecule has 5 heteroatoms. The Morgan fingerprint density at radius 2 is 1.83 bits per heavy atom. The van der Waals surface area contributed by atoms with Crippen LogP contribution in [0.1, 0.15) is 39.2 Å². The van der Waals surface area contributed by atoms with Crippen LogP contribution in [0.2, 0.25) is 0 Å². The summed E-state index contributed by atoms with van der Waals surface area (Å²) in [5, 5.41) is 9.20. The van der Waals surface area contributed by atoms with Gasteiger partial charge in [0.1, 0.15) is 5.60 Å². The van der Waals surface area contributed by atoms with Crippen LogP contribution in [0.15, 0.2) is 24.3 Å². The monoisotopic (exact) mass is 315 g/mol. The molecule has 0 spiro atoms. The van der Waals surface area contributed by atoms with Crippen molar-refractivity contribution in [2.45, 2.75) is 39.2 Å². The molecule has 1 heterocycles. The van der Waals surface area contributed by atoms with Crippen LogP contribution in [0.5, 0.6) is 0 Å². The summed E-state index contributed by atoms with van der Waals surface area (Å²) in [5.74, 6) is -0.143. The van der Waals surface area contributed by atoms with E-state index in [2.05, 4.69) is 11.0 Å². The van der Waals surface area contributed by atoms with Crippen LogP contribution in [0, 0.1) is 11.3 Å². The maximum absolute atomic E-state index is 12.1. The predicted molar refractivity (Wildman–Crippen MR) is 90.5 cm³/mol. The summed E-state index contributed by atoms with van der Waals surface area (Å²) in [4.78, 5) is 16.1. The van der Waals surface area contributed by atoms with E-state index in [0.717, 1.165) is 24.3 Å². The third-order valence-electron chi connectivity index (χ3n) is 3.87. The number of carbonyl (C=O) groups is 1.